The highest BCUT2D eigenvalue weighted by Crippen LogP contribution is 2.28. The Balaban J connectivity index is 3.50. The molecule has 1 aromatic carbocycles. The third-order valence-electron chi connectivity index (χ3n) is 5.58. The van der Waals surface area contributed by atoms with E-state index in [1.54, 1.807) is 26.8 Å². The Morgan fingerprint density at radius 2 is 1.72 bits per heavy atom. The summed E-state index contributed by atoms with van der Waals surface area (Å²) in [4.78, 5) is 53.2. The molecule has 9 nitrogen and oxygen atoms in total. The van der Waals surface area contributed by atoms with Gasteiger partial charge in [0.05, 0.1) is 7.11 Å². The highest BCUT2D eigenvalue weighted by atomic mass is 16.6. The van der Waals surface area contributed by atoms with E-state index in [0.29, 0.717) is 18.4 Å². The third kappa shape index (κ3) is 9.51. The van der Waals surface area contributed by atoms with Gasteiger partial charge in [-0.25, -0.2) is 4.79 Å². The molecule has 9 heteroatoms. The lowest BCUT2D eigenvalue weighted by atomic mass is 9.94. The Morgan fingerprint density at radius 3 is 2.25 bits per heavy atom. The van der Waals surface area contributed by atoms with Gasteiger partial charge in [0.2, 0.25) is 11.8 Å². The number of aryl methyl sites for hydroxylation is 1. The molecule has 202 valence electrons. The van der Waals surface area contributed by atoms with E-state index in [0.717, 1.165) is 11.1 Å². The number of hydrogen-bond donors (Lipinski definition) is 2. The fraction of sp³-hybridized carbons (Fsp3) is 0.630. The first-order valence-electron chi connectivity index (χ1n) is 12.4. The number of amides is 3. The zero-order valence-electron chi connectivity index (χ0n) is 23.2. The van der Waals surface area contributed by atoms with E-state index in [9.17, 15) is 19.2 Å². The number of methoxy groups -OCH3 is 1. The molecule has 0 spiro atoms. The van der Waals surface area contributed by atoms with Gasteiger partial charge >= 0.3 is 12.1 Å². The second-order valence-corrected chi connectivity index (χ2v) is 10.3. The molecule has 0 aliphatic heterocycles. The number of benzene rings is 1. The van der Waals surface area contributed by atoms with E-state index in [4.69, 9.17) is 4.74 Å². The Kier molecular flexibility index (Phi) is 11.9. The van der Waals surface area contributed by atoms with Crippen molar-refractivity contribution in [3.63, 3.8) is 0 Å². The number of nitrogens with zero attached hydrogens (tertiary/aromatic N) is 1. The second kappa shape index (κ2) is 13.8. The predicted molar refractivity (Wildman–Crippen MR) is 138 cm³/mol. The van der Waals surface area contributed by atoms with Crippen LogP contribution in [0, 0.1) is 19.8 Å². The molecule has 1 rings (SSSR count). The van der Waals surface area contributed by atoms with Crippen LogP contribution < -0.4 is 10.6 Å². The molecule has 2 N–H and O–H groups in total. The zero-order valence-corrected chi connectivity index (χ0v) is 23.2. The van der Waals surface area contributed by atoms with E-state index in [1.165, 1.54) is 12.0 Å². The summed E-state index contributed by atoms with van der Waals surface area (Å²) in [6, 6.07) is 3.67. The van der Waals surface area contributed by atoms with Crippen LogP contribution in [0.3, 0.4) is 0 Å². The molecule has 1 aromatic rings. The molecule has 0 saturated heterocycles. The van der Waals surface area contributed by atoms with Crippen LogP contribution in [0.1, 0.15) is 77.1 Å². The van der Waals surface area contributed by atoms with Crippen LogP contribution >= 0.6 is 0 Å². The van der Waals surface area contributed by atoms with Gasteiger partial charge in [0.25, 0.3) is 0 Å². The van der Waals surface area contributed by atoms with Crippen LogP contribution in [-0.4, -0.2) is 60.6 Å². The first-order chi connectivity index (χ1) is 16.7. The van der Waals surface area contributed by atoms with Gasteiger partial charge in [-0.05, 0) is 70.1 Å². The van der Waals surface area contributed by atoms with Gasteiger partial charge in [0.15, 0.2) is 0 Å². The number of carbonyl (C=O) groups is 4. The smallest absolute Gasteiger partial charge is 0.408 e. The van der Waals surface area contributed by atoms with Crippen LogP contribution in [0.4, 0.5) is 4.79 Å². The van der Waals surface area contributed by atoms with Gasteiger partial charge in [-0.15, -0.1) is 0 Å². The van der Waals surface area contributed by atoms with Crippen LogP contribution in [0.15, 0.2) is 18.2 Å². The first-order valence-corrected chi connectivity index (χ1v) is 12.4. The van der Waals surface area contributed by atoms with Crippen LogP contribution in [0.5, 0.6) is 0 Å². The Morgan fingerprint density at radius 1 is 1.08 bits per heavy atom. The van der Waals surface area contributed by atoms with Crippen molar-refractivity contribution in [2.45, 2.75) is 85.9 Å². The lowest BCUT2D eigenvalue weighted by molar-refractivity contribution is -0.145. The Labute approximate surface area is 215 Å². The number of ether oxygens (including phenoxy) is 2. The van der Waals surface area contributed by atoms with E-state index in [1.807, 2.05) is 46.8 Å². The van der Waals surface area contributed by atoms with Crippen LogP contribution in [-0.2, 0) is 23.9 Å². The highest BCUT2D eigenvalue weighted by Gasteiger charge is 2.37. The Hall–Kier alpha value is -3.10. The summed E-state index contributed by atoms with van der Waals surface area (Å²) in [7, 11) is 1.24. The molecule has 0 aromatic heterocycles. The molecule has 0 fully saturated rings. The van der Waals surface area contributed by atoms with Gasteiger partial charge in [0, 0.05) is 6.54 Å². The molecular formula is C27H43N3O6. The highest BCUT2D eigenvalue weighted by molar-refractivity contribution is 5.93. The number of hydrogen-bond acceptors (Lipinski definition) is 6. The van der Waals surface area contributed by atoms with Crippen molar-refractivity contribution >= 4 is 23.9 Å². The van der Waals surface area contributed by atoms with Crippen LogP contribution in [0.25, 0.3) is 0 Å². The van der Waals surface area contributed by atoms with Crippen molar-refractivity contribution in [3.8, 4) is 0 Å². The minimum atomic E-state index is -1.00. The number of rotatable bonds is 11. The normalized spacial score (nSPS) is 12.9. The maximum Gasteiger partial charge on any atom is 0.408 e. The minimum absolute atomic E-state index is 0.0877. The maximum atomic E-state index is 14.0. The fourth-order valence-electron chi connectivity index (χ4n) is 3.80. The number of nitrogens with one attached hydrogen (secondary N) is 2. The molecular weight excluding hydrogens is 462 g/mol. The largest absolute Gasteiger partial charge is 0.468 e. The summed E-state index contributed by atoms with van der Waals surface area (Å²) in [5.74, 6) is -1.41. The minimum Gasteiger partial charge on any atom is -0.468 e. The molecule has 0 bridgehead atoms. The number of alkyl carbamates (subject to hydrolysis) is 1. The molecule has 0 aliphatic carbocycles. The predicted octanol–water partition coefficient (Wildman–Crippen LogP) is 3.81. The zero-order chi connectivity index (χ0) is 27.6. The van der Waals surface area contributed by atoms with Gasteiger partial charge < -0.3 is 25.0 Å². The lowest BCUT2D eigenvalue weighted by Gasteiger charge is -2.35. The summed E-state index contributed by atoms with van der Waals surface area (Å²) in [5.41, 5.74) is 1.76. The van der Waals surface area contributed by atoms with Gasteiger partial charge in [0.1, 0.15) is 24.2 Å². The van der Waals surface area contributed by atoms with Crippen molar-refractivity contribution < 1.29 is 28.7 Å². The Bertz CT molecular complexity index is 923. The van der Waals surface area contributed by atoms with Crippen molar-refractivity contribution in [2.75, 3.05) is 20.2 Å². The monoisotopic (exact) mass is 505 g/mol. The molecule has 2 atom stereocenters. The summed E-state index contributed by atoms with van der Waals surface area (Å²) >= 11 is 0. The third-order valence-corrected chi connectivity index (χ3v) is 5.58. The summed E-state index contributed by atoms with van der Waals surface area (Å²) in [6.45, 7) is 14.8. The van der Waals surface area contributed by atoms with Gasteiger partial charge in [-0.3, -0.25) is 14.4 Å². The molecule has 0 saturated carbocycles. The molecule has 2 unspecified atom stereocenters. The second-order valence-electron chi connectivity index (χ2n) is 10.3. The summed E-state index contributed by atoms with van der Waals surface area (Å²) in [6.07, 6.45) is 0.246. The van der Waals surface area contributed by atoms with Gasteiger partial charge in [-0.1, -0.05) is 39.0 Å². The van der Waals surface area contributed by atoms with Crippen molar-refractivity contribution in [1.82, 2.24) is 15.5 Å². The molecule has 3 amide bonds. The van der Waals surface area contributed by atoms with Crippen molar-refractivity contribution in [3.05, 3.63) is 34.9 Å². The fourth-order valence-corrected chi connectivity index (χ4v) is 3.80. The van der Waals surface area contributed by atoms with E-state index in [2.05, 4.69) is 15.4 Å². The maximum absolute atomic E-state index is 14.0. The quantitative estimate of drug-likeness (QED) is 0.442. The number of esters is 1. The SMILES string of the molecule is CCCN(C(=O)C(CC(C)C)NC(=O)OC(C)(C)C)C(C(=O)NCC(=O)OC)c1cccc(C)c1C. The average Bonchev–Trinajstić information content (AvgIpc) is 2.77. The summed E-state index contributed by atoms with van der Waals surface area (Å²) < 4.78 is 10.0. The molecule has 36 heavy (non-hydrogen) atoms. The molecule has 0 aliphatic rings. The van der Waals surface area contributed by atoms with E-state index < -0.39 is 41.6 Å². The average molecular weight is 506 g/mol. The van der Waals surface area contributed by atoms with Crippen LogP contribution in [0.2, 0.25) is 0 Å². The molecule has 0 radical (unpaired) electrons. The summed E-state index contributed by atoms with van der Waals surface area (Å²) in [5, 5.41) is 5.32. The van der Waals surface area contributed by atoms with Crippen molar-refractivity contribution in [1.29, 1.82) is 0 Å². The van der Waals surface area contributed by atoms with E-state index in [-0.39, 0.29) is 19.0 Å². The molecule has 0 heterocycles. The number of carbonyl (C=O) groups excluding carboxylic acids is 4. The van der Waals surface area contributed by atoms with Gasteiger partial charge in [-0.2, -0.15) is 0 Å². The lowest BCUT2D eigenvalue weighted by Crippen LogP contribution is -2.54. The first kappa shape index (κ1) is 30.9. The van der Waals surface area contributed by atoms with Crippen molar-refractivity contribution in [2.24, 2.45) is 5.92 Å². The standard InChI is InChI=1S/C27H43N3O6/c1-10-14-30(25(33)21(15-17(2)3)29-26(34)36-27(6,7)8)23(24(32)28-16-22(31)35-9)20-13-11-12-18(4)19(20)5/h11-13,17,21,23H,10,14-16H2,1-9H3,(H,28,32)(H,29,34). The van der Waals surface area contributed by atoms with E-state index >= 15 is 0 Å². The topological polar surface area (TPSA) is 114 Å².